The molecule has 1 spiro atoms. The van der Waals surface area contributed by atoms with Crippen LogP contribution in [0.4, 0.5) is 0 Å². The largest absolute Gasteiger partial charge is 0.356 e. The van der Waals surface area contributed by atoms with Crippen molar-refractivity contribution in [3.8, 4) is 0 Å². The summed E-state index contributed by atoms with van der Waals surface area (Å²) in [7, 11) is -3.73. The Bertz CT molecular complexity index is 913. The van der Waals surface area contributed by atoms with Crippen LogP contribution in [0, 0.1) is 0 Å². The number of piperidine rings is 1. The molecule has 1 saturated carbocycles. The van der Waals surface area contributed by atoms with E-state index in [-0.39, 0.29) is 22.8 Å². The van der Waals surface area contributed by atoms with Gasteiger partial charge >= 0.3 is 0 Å². The van der Waals surface area contributed by atoms with Crippen molar-refractivity contribution in [2.24, 2.45) is 0 Å². The van der Waals surface area contributed by atoms with E-state index in [1.807, 2.05) is 0 Å². The summed E-state index contributed by atoms with van der Waals surface area (Å²) in [6.07, 6.45) is 8.36. The summed E-state index contributed by atoms with van der Waals surface area (Å²) in [5, 5.41) is 2.92. The minimum absolute atomic E-state index is 0.0502. The smallest absolute Gasteiger partial charge is 0.270 e. The molecule has 0 aromatic carbocycles. The van der Waals surface area contributed by atoms with Crippen molar-refractivity contribution in [3.63, 3.8) is 0 Å². The first-order valence-electron chi connectivity index (χ1n) is 10.3. The highest BCUT2D eigenvalue weighted by molar-refractivity contribution is 7.89. The maximum absolute atomic E-state index is 13.4. The molecular weight excluding hydrogens is 392 g/mol. The van der Waals surface area contributed by atoms with Gasteiger partial charge in [-0.1, -0.05) is 6.58 Å². The van der Waals surface area contributed by atoms with E-state index in [0.29, 0.717) is 38.2 Å². The van der Waals surface area contributed by atoms with Crippen LogP contribution >= 0.6 is 0 Å². The summed E-state index contributed by atoms with van der Waals surface area (Å²) in [5.41, 5.74) is -0.131. The van der Waals surface area contributed by atoms with Crippen molar-refractivity contribution in [1.82, 2.24) is 19.5 Å². The Morgan fingerprint density at radius 2 is 1.93 bits per heavy atom. The van der Waals surface area contributed by atoms with E-state index in [1.165, 1.54) is 18.3 Å². The number of sulfonamides is 1. The van der Waals surface area contributed by atoms with E-state index in [0.717, 1.165) is 32.1 Å². The van der Waals surface area contributed by atoms with Gasteiger partial charge in [0.05, 0.1) is 0 Å². The van der Waals surface area contributed by atoms with Crippen molar-refractivity contribution in [2.75, 3.05) is 19.6 Å². The standard InChI is InChI=1S/C20H28N4O4S/c1-2-18(25)22-15-6-11-24(20(13-15)7-5-8-20)29(27,28)16-12-17(21-14-16)19(26)23-9-3-4-10-23/h2,12,14-15,21H,1,3-11,13H2,(H,22,25). The van der Waals surface area contributed by atoms with Gasteiger partial charge in [0.25, 0.3) is 5.91 Å². The van der Waals surface area contributed by atoms with E-state index >= 15 is 0 Å². The third-order valence-electron chi connectivity index (χ3n) is 6.52. The molecule has 9 heteroatoms. The van der Waals surface area contributed by atoms with Crippen molar-refractivity contribution in [2.45, 2.75) is 61.4 Å². The van der Waals surface area contributed by atoms with Crippen LogP contribution in [0.1, 0.15) is 55.4 Å². The Balaban J connectivity index is 1.53. The van der Waals surface area contributed by atoms with Gasteiger partial charge in [0, 0.05) is 37.4 Å². The Kier molecular flexibility index (Phi) is 5.29. The lowest BCUT2D eigenvalue weighted by Gasteiger charge is -2.54. The number of carbonyl (C=O) groups is 2. The number of aromatic nitrogens is 1. The summed E-state index contributed by atoms with van der Waals surface area (Å²) in [4.78, 5) is 29.0. The number of H-pyrrole nitrogens is 1. The van der Waals surface area contributed by atoms with E-state index < -0.39 is 15.6 Å². The quantitative estimate of drug-likeness (QED) is 0.707. The molecule has 1 unspecified atom stereocenters. The maximum atomic E-state index is 13.4. The van der Waals surface area contributed by atoms with Crippen LogP contribution in [0.5, 0.6) is 0 Å². The van der Waals surface area contributed by atoms with Crippen LogP contribution in [0.25, 0.3) is 0 Å². The van der Waals surface area contributed by atoms with Crippen LogP contribution in [0.15, 0.2) is 29.8 Å². The van der Waals surface area contributed by atoms with E-state index in [1.54, 1.807) is 9.21 Å². The molecule has 3 fully saturated rings. The molecule has 2 amide bonds. The monoisotopic (exact) mass is 420 g/mol. The molecule has 0 bridgehead atoms. The maximum Gasteiger partial charge on any atom is 0.270 e. The van der Waals surface area contributed by atoms with Gasteiger partial charge in [-0.15, -0.1) is 0 Å². The molecule has 2 N–H and O–H groups in total. The fourth-order valence-electron chi connectivity index (χ4n) is 4.83. The Hall–Kier alpha value is -2.13. The SMILES string of the molecule is C=CC(=O)NC1CCN(S(=O)(=O)c2c[nH]c(C(=O)N3CCCC3)c2)C2(CCC2)C1. The number of nitrogens with one attached hydrogen (secondary N) is 2. The topological polar surface area (TPSA) is 103 Å². The predicted molar refractivity (Wildman–Crippen MR) is 108 cm³/mol. The molecule has 3 aliphatic rings. The molecule has 1 aliphatic carbocycles. The third-order valence-corrected chi connectivity index (χ3v) is 8.50. The minimum atomic E-state index is -3.73. The van der Waals surface area contributed by atoms with Gasteiger partial charge in [0.15, 0.2) is 0 Å². The Morgan fingerprint density at radius 1 is 1.21 bits per heavy atom. The molecular formula is C20H28N4O4S. The van der Waals surface area contributed by atoms with Crippen LogP contribution in [-0.2, 0) is 14.8 Å². The second kappa shape index (κ2) is 7.60. The molecule has 8 nitrogen and oxygen atoms in total. The van der Waals surface area contributed by atoms with E-state index in [2.05, 4.69) is 16.9 Å². The van der Waals surface area contributed by atoms with Crippen molar-refractivity contribution >= 4 is 21.8 Å². The predicted octanol–water partition coefficient (Wildman–Crippen LogP) is 1.63. The highest BCUT2D eigenvalue weighted by Gasteiger charge is 2.52. The van der Waals surface area contributed by atoms with Crippen molar-refractivity contribution < 1.29 is 18.0 Å². The lowest BCUT2D eigenvalue weighted by Crippen LogP contribution is -2.63. The number of likely N-dealkylation sites (tertiary alicyclic amines) is 1. The third kappa shape index (κ3) is 3.61. The van der Waals surface area contributed by atoms with Gasteiger partial charge in [-0.25, -0.2) is 8.42 Å². The van der Waals surface area contributed by atoms with Gasteiger partial charge in [-0.05, 0) is 57.1 Å². The molecule has 2 aliphatic heterocycles. The number of carbonyl (C=O) groups excluding carboxylic acids is 2. The summed E-state index contributed by atoms with van der Waals surface area (Å²) < 4.78 is 28.4. The molecule has 3 heterocycles. The van der Waals surface area contributed by atoms with E-state index in [4.69, 9.17) is 0 Å². The van der Waals surface area contributed by atoms with E-state index in [9.17, 15) is 18.0 Å². The zero-order chi connectivity index (χ0) is 20.6. The number of aromatic amines is 1. The highest BCUT2D eigenvalue weighted by Crippen LogP contribution is 2.47. The number of nitrogens with zero attached hydrogens (tertiary/aromatic N) is 2. The molecule has 1 atom stereocenters. The molecule has 29 heavy (non-hydrogen) atoms. The van der Waals surface area contributed by atoms with Crippen molar-refractivity contribution in [1.29, 1.82) is 0 Å². The van der Waals surface area contributed by atoms with Crippen molar-refractivity contribution in [3.05, 3.63) is 30.6 Å². The second-order valence-electron chi connectivity index (χ2n) is 8.31. The normalized spacial score (nSPS) is 24.3. The zero-order valence-electron chi connectivity index (χ0n) is 16.5. The molecule has 0 radical (unpaired) electrons. The molecule has 4 rings (SSSR count). The van der Waals surface area contributed by atoms with Gasteiger partial charge in [0.1, 0.15) is 10.6 Å². The average Bonchev–Trinajstić information content (AvgIpc) is 3.38. The first-order valence-corrected chi connectivity index (χ1v) is 11.7. The van der Waals surface area contributed by atoms with Gasteiger partial charge in [0.2, 0.25) is 15.9 Å². The van der Waals surface area contributed by atoms with Gasteiger partial charge in [-0.3, -0.25) is 9.59 Å². The summed E-state index contributed by atoms with van der Waals surface area (Å²) in [5.74, 6) is -0.371. The number of hydrogen-bond acceptors (Lipinski definition) is 4. The Morgan fingerprint density at radius 3 is 2.55 bits per heavy atom. The summed E-state index contributed by atoms with van der Waals surface area (Å²) >= 11 is 0. The number of hydrogen-bond donors (Lipinski definition) is 2. The lowest BCUT2D eigenvalue weighted by atomic mass is 9.70. The van der Waals surface area contributed by atoms with Crippen LogP contribution in [-0.4, -0.2) is 65.6 Å². The fraction of sp³-hybridized carbons (Fsp3) is 0.600. The Labute approximate surface area is 171 Å². The highest BCUT2D eigenvalue weighted by atomic mass is 32.2. The van der Waals surface area contributed by atoms with Gasteiger partial charge < -0.3 is 15.2 Å². The van der Waals surface area contributed by atoms with Crippen LogP contribution in [0.2, 0.25) is 0 Å². The number of amides is 2. The van der Waals surface area contributed by atoms with Gasteiger partial charge in [-0.2, -0.15) is 4.31 Å². The summed E-state index contributed by atoms with van der Waals surface area (Å²) in [6.45, 7) is 5.27. The molecule has 158 valence electrons. The summed E-state index contributed by atoms with van der Waals surface area (Å²) in [6, 6.07) is 1.42. The fourth-order valence-corrected chi connectivity index (χ4v) is 6.68. The molecule has 2 saturated heterocycles. The minimum Gasteiger partial charge on any atom is -0.356 e. The van der Waals surface area contributed by atoms with Crippen LogP contribution < -0.4 is 5.32 Å². The molecule has 1 aromatic rings. The first kappa shape index (κ1) is 20.2. The van der Waals surface area contributed by atoms with Crippen LogP contribution in [0.3, 0.4) is 0 Å². The zero-order valence-corrected chi connectivity index (χ0v) is 17.3. The molecule has 1 aromatic heterocycles. The lowest BCUT2D eigenvalue weighted by molar-refractivity contribution is -0.117. The second-order valence-corrected chi connectivity index (χ2v) is 10.2. The number of rotatable bonds is 5. The first-order chi connectivity index (χ1) is 13.9. The average molecular weight is 421 g/mol.